The molecule has 0 aliphatic heterocycles. The van der Waals surface area contributed by atoms with Gasteiger partial charge >= 0.3 is 5.97 Å². The van der Waals surface area contributed by atoms with E-state index in [-0.39, 0.29) is 11.7 Å². The minimum absolute atomic E-state index is 0.145. The molecule has 4 nitrogen and oxygen atoms in total. The van der Waals surface area contributed by atoms with Crippen molar-refractivity contribution in [1.82, 2.24) is 4.57 Å². The second-order valence-electron chi connectivity index (χ2n) is 3.53. The molecule has 5 heteroatoms. The van der Waals surface area contributed by atoms with Crippen LogP contribution >= 0.6 is 11.6 Å². The van der Waals surface area contributed by atoms with Gasteiger partial charge in [0.05, 0.1) is 24.1 Å². The zero-order valence-electron chi connectivity index (χ0n) is 9.76. The summed E-state index contributed by atoms with van der Waals surface area (Å²) in [5, 5.41) is 0. The maximum Gasteiger partial charge on any atom is 0.340 e. The molecule has 0 atom stereocenters. The van der Waals surface area contributed by atoms with Gasteiger partial charge in [-0.05, 0) is 13.8 Å². The summed E-state index contributed by atoms with van der Waals surface area (Å²) in [6.45, 7) is 3.55. The summed E-state index contributed by atoms with van der Waals surface area (Å²) in [5.74, 6) is -0.910. The smallest absolute Gasteiger partial charge is 0.340 e. The number of hydrogen-bond acceptors (Lipinski definition) is 3. The van der Waals surface area contributed by atoms with E-state index in [4.69, 9.17) is 11.6 Å². The van der Waals surface area contributed by atoms with E-state index in [0.717, 1.165) is 5.69 Å². The first kappa shape index (κ1) is 12.8. The van der Waals surface area contributed by atoms with Crippen molar-refractivity contribution in [2.45, 2.75) is 13.8 Å². The lowest BCUT2D eigenvalue weighted by atomic mass is 10.1. The van der Waals surface area contributed by atoms with E-state index in [1.807, 2.05) is 0 Å². The van der Waals surface area contributed by atoms with E-state index >= 15 is 0 Å². The van der Waals surface area contributed by atoms with Crippen LogP contribution in [-0.2, 0) is 11.8 Å². The van der Waals surface area contributed by atoms with Crippen molar-refractivity contribution in [3.63, 3.8) is 0 Å². The SMILES string of the molecule is COC(=O)c1c(C(=O)CCl)c(C)n(C)c1C. The Labute approximate surface area is 99.1 Å². The van der Waals surface area contributed by atoms with Crippen molar-refractivity contribution in [2.24, 2.45) is 7.05 Å². The number of ether oxygens (including phenoxy) is 1. The first-order valence-corrected chi connectivity index (χ1v) is 5.32. The van der Waals surface area contributed by atoms with Gasteiger partial charge in [-0.25, -0.2) is 4.79 Å². The number of esters is 1. The molecule has 0 bridgehead atoms. The molecule has 0 aliphatic carbocycles. The third-order valence-corrected chi connectivity index (χ3v) is 3.01. The summed E-state index contributed by atoms with van der Waals surface area (Å²) < 4.78 is 6.46. The van der Waals surface area contributed by atoms with E-state index in [2.05, 4.69) is 4.74 Å². The van der Waals surface area contributed by atoms with Crippen LogP contribution in [0.1, 0.15) is 32.1 Å². The predicted molar refractivity (Wildman–Crippen MR) is 61.3 cm³/mol. The quantitative estimate of drug-likeness (QED) is 0.463. The Balaban J connectivity index is 3.51. The van der Waals surface area contributed by atoms with Crippen LogP contribution in [0.25, 0.3) is 0 Å². The Morgan fingerprint density at radius 2 is 1.75 bits per heavy atom. The van der Waals surface area contributed by atoms with Crippen LogP contribution in [0.4, 0.5) is 0 Å². The van der Waals surface area contributed by atoms with Gasteiger partial charge in [0.2, 0.25) is 0 Å². The van der Waals surface area contributed by atoms with Gasteiger partial charge in [-0.3, -0.25) is 4.79 Å². The van der Waals surface area contributed by atoms with Crippen molar-refractivity contribution in [3.05, 3.63) is 22.5 Å². The van der Waals surface area contributed by atoms with Gasteiger partial charge < -0.3 is 9.30 Å². The number of halogens is 1. The molecule has 16 heavy (non-hydrogen) atoms. The Hall–Kier alpha value is -1.29. The van der Waals surface area contributed by atoms with Gasteiger partial charge in [-0.15, -0.1) is 11.6 Å². The average molecular weight is 244 g/mol. The number of nitrogens with zero attached hydrogens (tertiary/aromatic N) is 1. The molecule has 88 valence electrons. The monoisotopic (exact) mass is 243 g/mol. The van der Waals surface area contributed by atoms with Crippen molar-refractivity contribution >= 4 is 23.4 Å². The van der Waals surface area contributed by atoms with Gasteiger partial charge in [0, 0.05) is 18.4 Å². The molecule has 1 rings (SSSR count). The van der Waals surface area contributed by atoms with Crippen LogP contribution in [0.2, 0.25) is 0 Å². The first-order valence-electron chi connectivity index (χ1n) is 4.79. The van der Waals surface area contributed by atoms with Gasteiger partial charge in [-0.2, -0.15) is 0 Å². The van der Waals surface area contributed by atoms with Crippen LogP contribution < -0.4 is 0 Å². The Morgan fingerprint density at radius 3 is 2.19 bits per heavy atom. The van der Waals surface area contributed by atoms with Crippen LogP contribution in [0.3, 0.4) is 0 Å². The number of rotatable bonds is 3. The second-order valence-corrected chi connectivity index (χ2v) is 3.80. The first-order chi connectivity index (χ1) is 7.45. The minimum atomic E-state index is -0.505. The molecule has 0 amide bonds. The van der Waals surface area contributed by atoms with Gasteiger partial charge in [0.1, 0.15) is 0 Å². The van der Waals surface area contributed by atoms with E-state index in [9.17, 15) is 9.59 Å². The number of carbonyl (C=O) groups is 2. The summed E-state index contributed by atoms with van der Waals surface area (Å²) >= 11 is 5.53. The summed E-state index contributed by atoms with van der Waals surface area (Å²) in [4.78, 5) is 23.3. The maximum atomic E-state index is 11.7. The van der Waals surface area contributed by atoms with Gasteiger partial charge in [-0.1, -0.05) is 0 Å². The number of methoxy groups -OCH3 is 1. The number of hydrogen-bond donors (Lipinski definition) is 0. The molecule has 0 spiro atoms. The van der Waals surface area contributed by atoms with Crippen LogP contribution in [0.5, 0.6) is 0 Å². The van der Waals surface area contributed by atoms with Crippen molar-refractivity contribution in [3.8, 4) is 0 Å². The fraction of sp³-hybridized carbons (Fsp3) is 0.455. The molecular weight excluding hydrogens is 230 g/mol. The number of aromatic nitrogens is 1. The molecule has 0 radical (unpaired) electrons. The summed E-state index contributed by atoms with van der Waals surface area (Å²) in [6, 6.07) is 0. The zero-order chi connectivity index (χ0) is 12.5. The van der Waals surface area contributed by atoms with E-state index < -0.39 is 5.97 Å². The number of Topliss-reactive ketones (excluding diaryl/α,β-unsaturated/α-hetero) is 1. The highest BCUT2D eigenvalue weighted by Gasteiger charge is 2.26. The summed E-state index contributed by atoms with van der Waals surface area (Å²) in [5.41, 5.74) is 2.11. The van der Waals surface area contributed by atoms with Crippen molar-refractivity contribution < 1.29 is 14.3 Å². The molecule has 1 aromatic heterocycles. The number of alkyl halides is 1. The fourth-order valence-corrected chi connectivity index (χ4v) is 1.84. The average Bonchev–Trinajstić information content (AvgIpc) is 2.51. The van der Waals surface area contributed by atoms with E-state index in [1.54, 1.807) is 25.5 Å². The highest BCUT2D eigenvalue weighted by atomic mass is 35.5. The van der Waals surface area contributed by atoms with Crippen LogP contribution in [0.15, 0.2) is 0 Å². The molecule has 0 aliphatic rings. The molecule has 1 aromatic rings. The van der Waals surface area contributed by atoms with Gasteiger partial charge in [0.15, 0.2) is 5.78 Å². The summed E-state index contributed by atoms with van der Waals surface area (Å²) in [7, 11) is 3.08. The third-order valence-electron chi connectivity index (χ3n) is 2.77. The highest BCUT2D eigenvalue weighted by Crippen LogP contribution is 2.23. The van der Waals surface area contributed by atoms with Crippen LogP contribution in [-0.4, -0.2) is 29.3 Å². The maximum absolute atomic E-state index is 11.7. The normalized spacial score (nSPS) is 10.3. The summed E-state index contributed by atoms with van der Waals surface area (Å²) in [6.07, 6.45) is 0. The molecule has 1 heterocycles. The largest absolute Gasteiger partial charge is 0.465 e. The predicted octanol–water partition coefficient (Wildman–Crippen LogP) is 1.85. The highest BCUT2D eigenvalue weighted by molar-refractivity contribution is 6.31. The molecule has 0 aromatic carbocycles. The third kappa shape index (κ3) is 1.85. The fourth-order valence-electron chi connectivity index (χ4n) is 1.71. The van der Waals surface area contributed by atoms with Crippen LogP contribution in [0, 0.1) is 13.8 Å². The van der Waals surface area contributed by atoms with Crippen molar-refractivity contribution in [2.75, 3.05) is 13.0 Å². The molecule has 0 fully saturated rings. The van der Waals surface area contributed by atoms with E-state index in [1.165, 1.54) is 7.11 Å². The number of carbonyl (C=O) groups excluding carboxylic acids is 2. The Bertz CT molecular complexity index is 409. The lowest BCUT2D eigenvalue weighted by molar-refractivity contribution is 0.0596. The molecule has 0 unspecified atom stereocenters. The lowest BCUT2D eigenvalue weighted by Gasteiger charge is -2.01. The number of ketones is 1. The van der Waals surface area contributed by atoms with Crippen molar-refractivity contribution in [1.29, 1.82) is 0 Å². The Morgan fingerprint density at radius 1 is 1.25 bits per heavy atom. The zero-order valence-corrected chi connectivity index (χ0v) is 10.5. The Kier molecular flexibility index (Phi) is 3.75. The second kappa shape index (κ2) is 4.70. The molecule has 0 saturated carbocycles. The van der Waals surface area contributed by atoms with E-state index in [0.29, 0.717) is 16.8 Å². The molecule has 0 N–H and O–H groups in total. The van der Waals surface area contributed by atoms with Gasteiger partial charge in [0.25, 0.3) is 0 Å². The topological polar surface area (TPSA) is 48.3 Å². The molecule has 0 saturated heterocycles. The standard InChI is InChI=1S/C11H14ClNO3/c1-6-9(8(14)5-12)10(11(15)16-4)7(2)13(6)3/h5H2,1-4H3. The minimum Gasteiger partial charge on any atom is -0.465 e. The lowest BCUT2D eigenvalue weighted by Crippen LogP contribution is -2.11. The molecular formula is C11H14ClNO3.